The van der Waals surface area contributed by atoms with Crippen molar-refractivity contribution >= 4 is 15.9 Å². The molecule has 1 amide bonds. The molecule has 0 aromatic carbocycles. The number of sulfonamides is 1. The predicted molar refractivity (Wildman–Crippen MR) is 90.7 cm³/mol. The molecule has 8 heteroatoms. The van der Waals surface area contributed by atoms with Gasteiger partial charge in [-0.05, 0) is 42.9 Å². The monoisotopic (exact) mass is 355 g/mol. The van der Waals surface area contributed by atoms with Gasteiger partial charge >= 0.3 is 0 Å². The number of rotatable bonds is 8. The highest BCUT2D eigenvalue weighted by atomic mass is 32.2. The molecule has 1 heterocycles. The summed E-state index contributed by atoms with van der Waals surface area (Å²) in [5.74, 6) is 0.0655. The topological polar surface area (TPSA) is 99.6 Å². The van der Waals surface area contributed by atoms with Gasteiger partial charge in [-0.3, -0.25) is 9.78 Å². The zero-order valence-corrected chi connectivity index (χ0v) is 14.9. The van der Waals surface area contributed by atoms with E-state index in [2.05, 4.69) is 10.3 Å². The fourth-order valence-corrected chi connectivity index (χ4v) is 3.19. The van der Waals surface area contributed by atoms with Crippen LogP contribution < -0.4 is 5.32 Å². The summed E-state index contributed by atoms with van der Waals surface area (Å²) in [5.41, 5.74) is 1.07. The average Bonchev–Trinajstić information content (AvgIpc) is 2.49. The number of nitrogens with one attached hydrogen (secondary N) is 1. The molecule has 2 N–H and O–H groups in total. The number of carbonyl (C=O) groups is 1. The Morgan fingerprint density at radius 3 is 2.58 bits per heavy atom. The van der Waals surface area contributed by atoms with Crippen LogP contribution in [0.2, 0.25) is 0 Å². The zero-order chi connectivity index (χ0) is 17.7. The van der Waals surface area contributed by atoms with Gasteiger partial charge in [0.25, 0.3) is 0 Å². The van der Waals surface area contributed by atoms with Crippen LogP contribution in [0.3, 0.4) is 0 Å². The molecule has 134 valence electrons. The van der Waals surface area contributed by atoms with Gasteiger partial charge in [-0.15, -0.1) is 0 Å². The van der Waals surface area contributed by atoms with E-state index in [1.165, 1.54) is 7.05 Å². The maximum absolute atomic E-state index is 12.2. The van der Waals surface area contributed by atoms with Gasteiger partial charge in [0.05, 0.1) is 12.4 Å². The minimum atomic E-state index is -3.28. The first-order chi connectivity index (χ1) is 11.3. The molecule has 1 atom stereocenters. The third-order valence-corrected chi connectivity index (χ3v) is 5.80. The van der Waals surface area contributed by atoms with E-state index in [0.717, 1.165) is 16.1 Å². The van der Waals surface area contributed by atoms with Gasteiger partial charge in [0, 0.05) is 38.4 Å². The number of hydrogen-bond donors (Lipinski definition) is 2. The van der Waals surface area contributed by atoms with Gasteiger partial charge < -0.3 is 10.4 Å². The minimum Gasteiger partial charge on any atom is -0.393 e. The van der Waals surface area contributed by atoms with Crippen molar-refractivity contribution in [2.45, 2.75) is 37.8 Å². The number of pyridine rings is 1. The van der Waals surface area contributed by atoms with E-state index in [1.54, 1.807) is 12.4 Å². The van der Waals surface area contributed by atoms with Crippen molar-refractivity contribution in [1.29, 1.82) is 0 Å². The van der Waals surface area contributed by atoms with Crippen LogP contribution in [0.1, 0.15) is 24.8 Å². The molecule has 0 aliphatic heterocycles. The van der Waals surface area contributed by atoms with Crippen molar-refractivity contribution in [2.75, 3.05) is 19.8 Å². The van der Waals surface area contributed by atoms with Crippen LogP contribution in [-0.4, -0.2) is 60.7 Å². The minimum absolute atomic E-state index is 0.0631. The van der Waals surface area contributed by atoms with Crippen molar-refractivity contribution in [3.8, 4) is 0 Å². The second-order valence-electron chi connectivity index (χ2n) is 6.45. The van der Waals surface area contributed by atoms with Gasteiger partial charge in [-0.2, -0.15) is 0 Å². The molecule has 0 bridgehead atoms. The summed E-state index contributed by atoms with van der Waals surface area (Å²) in [7, 11) is -1.82. The summed E-state index contributed by atoms with van der Waals surface area (Å²) in [5, 5.41) is 12.5. The number of nitrogens with zero attached hydrogens (tertiary/aromatic N) is 2. The lowest BCUT2D eigenvalue weighted by atomic mass is 9.75. The quantitative estimate of drug-likeness (QED) is 0.692. The Morgan fingerprint density at radius 1 is 1.42 bits per heavy atom. The van der Waals surface area contributed by atoms with Crippen LogP contribution in [0.5, 0.6) is 0 Å². The van der Waals surface area contributed by atoms with Crippen LogP contribution in [0.4, 0.5) is 0 Å². The van der Waals surface area contributed by atoms with E-state index >= 15 is 0 Å². The van der Waals surface area contributed by atoms with Gasteiger partial charge in [0.15, 0.2) is 0 Å². The number of carbonyl (C=O) groups excluding carboxylic acids is 1. The predicted octanol–water partition coefficient (Wildman–Crippen LogP) is 0.161. The van der Waals surface area contributed by atoms with Crippen LogP contribution in [0.15, 0.2) is 24.5 Å². The molecule has 1 fully saturated rings. The Morgan fingerprint density at radius 2 is 2.04 bits per heavy atom. The highest BCUT2D eigenvalue weighted by Crippen LogP contribution is 2.31. The Kier molecular flexibility index (Phi) is 6.31. The van der Waals surface area contributed by atoms with Crippen molar-refractivity contribution in [3.63, 3.8) is 0 Å². The molecule has 24 heavy (non-hydrogen) atoms. The fraction of sp³-hybridized carbons (Fsp3) is 0.625. The average molecular weight is 355 g/mol. The molecular formula is C16H25N3O4S. The standard InChI is InChI=1S/C16H25N3O4S/c1-19(24(2,22)23)8-5-16(21)18-15(13-10-14(20)11-13)9-12-3-6-17-7-4-12/h3-4,6-7,13-15,20H,5,8-11H2,1-2H3,(H,18,21)/t13?,14?,15-/m0/s1. The third kappa shape index (κ3) is 5.54. The SMILES string of the molecule is CN(CCC(=O)N[C@@H](Cc1ccncc1)C1CC(O)C1)S(C)(=O)=O. The molecule has 1 aliphatic rings. The van der Waals surface area contributed by atoms with Crippen LogP contribution in [0, 0.1) is 5.92 Å². The van der Waals surface area contributed by atoms with Gasteiger partial charge in [-0.25, -0.2) is 12.7 Å². The molecule has 2 rings (SSSR count). The first kappa shape index (κ1) is 18.8. The lowest BCUT2D eigenvalue weighted by Gasteiger charge is -2.38. The Balaban J connectivity index is 1.91. The number of amides is 1. The Labute approximate surface area is 143 Å². The van der Waals surface area contributed by atoms with Gasteiger partial charge in [-0.1, -0.05) is 0 Å². The molecule has 1 aliphatic carbocycles. The molecule has 0 radical (unpaired) electrons. The number of aromatic nitrogens is 1. The van der Waals surface area contributed by atoms with E-state index in [1.807, 2.05) is 12.1 Å². The van der Waals surface area contributed by atoms with Crippen molar-refractivity contribution in [2.24, 2.45) is 5.92 Å². The third-order valence-electron chi connectivity index (χ3n) is 4.49. The maximum Gasteiger partial charge on any atom is 0.221 e. The second kappa shape index (κ2) is 8.04. The van der Waals surface area contributed by atoms with E-state index in [0.29, 0.717) is 19.3 Å². The lowest BCUT2D eigenvalue weighted by Crippen LogP contribution is -2.48. The van der Waals surface area contributed by atoms with Gasteiger partial charge in [0.1, 0.15) is 0 Å². The highest BCUT2D eigenvalue weighted by molar-refractivity contribution is 7.88. The second-order valence-corrected chi connectivity index (χ2v) is 8.54. The molecule has 0 unspecified atom stereocenters. The summed E-state index contributed by atoms with van der Waals surface area (Å²) in [6.45, 7) is 0.153. The molecular weight excluding hydrogens is 330 g/mol. The highest BCUT2D eigenvalue weighted by Gasteiger charge is 2.34. The summed E-state index contributed by atoms with van der Waals surface area (Å²) >= 11 is 0. The normalized spacial score (nSPS) is 22.0. The van der Waals surface area contributed by atoms with E-state index in [4.69, 9.17) is 0 Å². The first-order valence-electron chi connectivity index (χ1n) is 8.03. The van der Waals surface area contributed by atoms with Crippen molar-refractivity contribution < 1.29 is 18.3 Å². The maximum atomic E-state index is 12.2. The van der Waals surface area contributed by atoms with E-state index < -0.39 is 10.0 Å². The first-order valence-corrected chi connectivity index (χ1v) is 9.88. The Hall–Kier alpha value is -1.51. The summed E-state index contributed by atoms with van der Waals surface area (Å²) in [6, 6.07) is 3.75. The molecule has 0 spiro atoms. The van der Waals surface area contributed by atoms with Crippen molar-refractivity contribution in [3.05, 3.63) is 30.1 Å². The largest absolute Gasteiger partial charge is 0.393 e. The fourth-order valence-electron chi connectivity index (χ4n) is 2.77. The smallest absolute Gasteiger partial charge is 0.221 e. The molecule has 1 aromatic rings. The molecule has 0 saturated heterocycles. The van der Waals surface area contributed by atoms with Gasteiger partial charge in [0.2, 0.25) is 15.9 Å². The van der Waals surface area contributed by atoms with Crippen LogP contribution >= 0.6 is 0 Å². The summed E-state index contributed by atoms with van der Waals surface area (Å²) in [6.07, 6.45) is 6.41. The van der Waals surface area contributed by atoms with E-state index in [9.17, 15) is 18.3 Å². The van der Waals surface area contributed by atoms with Crippen molar-refractivity contribution in [1.82, 2.24) is 14.6 Å². The molecule has 1 saturated carbocycles. The van der Waals surface area contributed by atoms with Crippen LogP contribution in [0.25, 0.3) is 0 Å². The summed E-state index contributed by atoms with van der Waals surface area (Å²) in [4.78, 5) is 16.2. The summed E-state index contributed by atoms with van der Waals surface area (Å²) < 4.78 is 23.9. The molecule has 1 aromatic heterocycles. The lowest BCUT2D eigenvalue weighted by molar-refractivity contribution is -0.123. The van der Waals surface area contributed by atoms with E-state index in [-0.39, 0.29) is 36.9 Å². The van der Waals surface area contributed by atoms with Crippen LogP contribution in [-0.2, 0) is 21.2 Å². The number of aliphatic hydroxyl groups is 1. The Bertz CT molecular complexity index is 645. The number of hydrogen-bond acceptors (Lipinski definition) is 5. The zero-order valence-electron chi connectivity index (χ0n) is 14.1. The number of aliphatic hydroxyl groups excluding tert-OH is 1. The molecule has 7 nitrogen and oxygen atoms in total.